The maximum Gasteiger partial charge on any atom is 0.312 e. The van der Waals surface area contributed by atoms with Crippen molar-refractivity contribution in [3.63, 3.8) is 0 Å². The molecule has 0 rings (SSSR count). The SMILES string of the molecule is CC(C)CC(C)(C(=O)OCCS(=O)(=O)O)C(C)(C)C. The molecule has 5 nitrogen and oxygen atoms in total. The van der Waals surface area contributed by atoms with Crippen LogP contribution in [0.2, 0.25) is 0 Å². The molecule has 114 valence electrons. The predicted octanol–water partition coefficient (Wildman–Crippen LogP) is 2.52. The zero-order valence-electron chi connectivity index (χ0n) is 12.7. The average Bonchev–Trinajstić information content (AvgIpc) is 2.12. The Morgan fingerprint density at radius 2 is 1.68 bits per heavy atom. The third kappa shape index (κ3) is 5.91. The Hall–Kier alpha value is -0.620. The highest BCUT2D eigenvalue weighted by Crippen LogP contribution is 2.44. The van der Waals surface area contributed by atoms with Crippen molar-refractivity contribution in [3.05, 3.63) is 0 Å². The lowest BCUT2D eigenvalue weighted by molar-refractivity contribution is -0.162. The molecule has 0 saturated heterocycles. The molecule has 0 spiro atoms. The Bertz CT molecular complexity index is 405. The smallest absolute Gasteiger partial charge is 0.312 e. The van der Waals surface area contributed by atoms with Crippen LogP contribution >= 0.6 is 0 Å². The first-order valence-electron chi connectivity index (χ1n) is 6.42. The predicted molar refractivity (Wildman–Crippen MR) is 74.4 cm³/mol. The molecule has 0 aliphatic rings. The molecular formula is C13H26O5S. The van der Waals surface area contributed by atoms with Crippen LogP contribution in [0.3, 0.4) is 0 Å². The second-order valence-corrected chi connectivity index (χ2v) is 8.17. The normalized spacial score (nSPS) is 16.2. The van der Waals surface area contributed by atoms with Gasteiger partial charge in [-0.2, -0.15) is 8.42 Å². The minimum absolute atomic E-state index is 0.299. The molecule has 0 bridgehead atoms. The molecule has 1 unspecified atom stereocenters. The number of carbonyl (C=O) groups excluding carboxylic acids is 1. The molecule has 0 aliphatic carbocycles. The number of esters is 1. The monoisotopic (exact) mass is 294 g/mol. The summed E-state index contributed by atoms with van der Waals surface area (Å²) in [5.74, 6) is -0.670. The van der Waals surface area contributed by atoms with Gasteiger partial charge in [-0.1, -0.05) is 34.6 Å². The van der Waals surface area contributed by atoms with Crippen LogP contribution in [-0.2, 0) is 19.6 Å². The maximum absolute atomic E-state index is 12.2. The van der Waals surface area contributed by atoms with Crippen molar-refractivity contribution in [3.8, 4) is 0 Å². The zero-order valence-corrected chi connectivity index (χ0v) is 13.5. The number of rotatable bonds is 6. The average molecular weight is 294 g/mol. The van der Waals surface area contributed by atoms with Crippen molar-refractivity contribution in [2.24, 2.45) is 16.7 Å². The number of ether oxygens (including phenoxy) is 1. The summed E-state index contributed by atoms with van der Waals surface area (Å²) < 4.78 is 34.9. The summed E-state index contributed by atoms with van der Waals surface area (Å²) in [6.07, 6.45) is 0.654. The summed E-state index contributed by atoms with van der Waals surface area (Å²) in [4.78, 5) is 12.2. The van der Waals surface area contributed by atoms with Crippen molar-refractivity contribution in [2.45, 2.75) is 48.0 Å². The molecule has 6 heteroatoms. The van der Waals surface area contributed by atoms with Crippen molar-refractivity contribution in [2.75, 3.05) is 12.4 Å². The molecule has 0 aromatic carbocycles. The molecule has 0 aromatic heterocycles. The molecule has 0 saturated carbocycles. The lowest BCUT2D eigenvalue weighted by atomic mass is 9.64. The highest BCUT2D eigenvalue weighted by molar-refractivity contribution is 7.85. The Labute approximate surface area is 116 Å². The first kappa shape index (κ1) is 18.4. The highest BCUT2D eigenvalue weighted by atomic mass is 32.2. The Morgan fingerprint density at radius 1 is 1.21 bits per heavy atom. The van der Waals surface area contributed by atoms with Gasteiger partial charge in [0.05, 0.1) is 5.41 Å². The molecule has 0 radical (unpaired) electrons. The standard InChI is InChI=1S/C13H26O5S/c1-10(2)9-13(6,12(3,4)5)11(14)18-7-8-19(15,16)17/h10H,7-9H2,1-6H3,(H,15,16,17). The van der Waals surface area contributed by atoms with Crippen LogP contribution in [0.1, 0.15) is 48.0 Å². The van der Waals surface area contributed by atoms with Gasteiger partial charge in [-0.15, -0.1) is 0 Å². The van der Waals surface area contributed by atoms with E-state index in [1.807, 2.05) is 41.5 Å². The first-order chi connectivity index (χ1) is 8.29. The van der Waals surface area contributed by atoms with Crippen LogP contribution in [0, 0.1) is 16.7 Å². The molecule has 0 amide bonds. The number of hydrogen-bond donors (Lipinski definition) is 1. The van der Waals surface area contributed by atoms with Crippen molar-refractivity contribution >= 4 is 16.1 Å². The molecule has 0 aliphatic heterocycles. The number of hydrogen-bond acceptors (Lipinski definition) is 4. The first-order valence-corrected chi connectivity index (χ1v) is 8.03. The fourth-order valence-corrected chi connectivity index (χ4v) is 2.21. The molecule has 0 aromatic rings. The Kier molecular flexibility index (Phi) is 6.02. The van der Waals surface area contributed by atoms with E-state index in [9.17, 15) is 13.2 Å². The fraction of sp³-hybridized carbons (Fsp3) is 0.923. The van der Waals surface area contributed by atoms with Gasteiger partial charge in [0, 0.05) is 0 Å². The van der Waals surface area contributed by atoms with Crippen LogP contribution in [0.5, 0.6) is 0 Å². The lowest BCUT2D eigenvalue weighted by Gasteiger charge is -2.40. The quantitative estimate of drug-likeness (QED) is 0.601. The molecular weight excluding hydrogens is 268 g/mol. The van der Waals surface area contributed by atoms with E-state index in [0.29, 0.717) is 12.3 Å². The van der Waals surface area contributed by atoms with Gasteiger partial charge in [-0.3, -0.25) is 9.35 Å². The van der Waals surface area contributed by atoms with E-state index in [-0.39, 0.29) is 12.0 Å². The summed E-state index contributed by atoms with van der Waals surface area (Å²) in [5.41, 5.74) is -0.993. The summed E-state index contributed by atoms with van der Waals surface area (Å²) in [6.45, 7) is 11.4. The van der Waals surface area contributed by atoms with Gasteiger partial charge in [0.1, 0.15) is 12.4 Å². The Balaban J connectivity index is 4.85. The third-order valence-electron chi connectivity index (χ3n) is 3.50. The van der Waals surface area contributed by atoms with Gasteiger partial charge in [0.15, 0.2) is 0 Å². The second kappa shape index (κ2) is 6.22. The number of carbonyl (C=O) groups is 1. The lowest BCUT2D eigenvalue weighted by Crippen LogP contribution is -2.43. The van der Waals surface area contributed by atoms with E-state index >= 15 is 0 Å². The van der Waals surface area contributed by atoms with Crippen molar-refractivity contribution in [1.29, 1.82) is 0 Å². The van der Waals surface area contributed by atoms with Crippen molar-refractivity contribution in [1.82, 2.24) is 0 Å². The van der Waals surface area contributed by atoms with Crippen LogP contribution < -0.4 is 0 Å². The minimum Gasteiger partial charge on any atom is -0.464 e. The van der Waals surface area contributed by atoms with E-state index in [1.165, 1.54) is 0 Å². The van der Waals surface area contributed by atoms with E-state index in [0.717, 1.165) is 0 Å². The highest BCUT2D eigenvalue weighted by Gasteiger charge is 2.45. The summed E-state index contributed by atoms with van der Waals surface area (Å²) >= 11 is 0. The van der Waals surface area contributed by atoms with Crippen LogP contribution in [0.25, 0.3) is 0 Å². The van der Waals surface area contributed by atoms with E-state index < -0.39 is 27.3 Å². The van der Waals surface area contributed by atoms with E-state index in [1.54, 1.807) is 0 Å². The molecule has 1 N–H and O–H groups in total. The largest absolute Gasteiger partial charge is 0.464 e. The fourth-order valence-electron chi connectivity index (χ4n) is 1.91. The van der Waals surface area contributed by atoms with Crippen LogP contribution in [-0.4, -0.2) is 31.3 Å². The van der Waals surface area contributed by atoms with E-state index in [2.05, 4.69) is 0 Å². The second-order valence-electron chi connectivity index (χ2n) is 6.60. The molecule has 19 heavy (non-hydrogen) atoms. The van der Waals surface area contributed by atoms with Crippen molar-refractivity contribution < 1.29 is 22.5 Å². The summed E-state index contributed by atoms with van der Waals surface area (Å²) in [5, 5.41) is 0. The third-order valence-corrected chi connectivity index (χ3v) is 4.18. The maximum atomic E-state index is 12.2. The van der Waals surface area contributed by atoms with Gasteiger partial charge in [0.2, 0.25) is 0 Å². The van der Waals surface area contributed by atoms with E-state index in [4.69, 9.17) is 9.29 Å². The summed E-state index contributed by atoms with van der Waals surface area (Å²) in [6, 6.07) is 0. The van der Waals surface area contributed by atoms with Gasteiger partial charge in [-0.05, 0) is 24.7 Å². The Morgan fingerprint density at radius 3 is 2.00 bits per heavy atom. The van der Waals surface area contributed by atoms with Crippen LogP contribution in [0.4, 0.5) is 0 Å². The molecule has 1 atom stereocenters. The molecule has 0 fully saturated rings. The molecule has 0 heterocycles. The topological polar surface area (TPSA) is 80.7 Å². The minimum atomic E-state index is -4.10. The van der Waals surface area contributed by atoms with Gasteiger partial charge in [-0.25, -0.2) is 0 Å². The van der Waals surface area contributed by atoms with Gasteiger partial charge >= 0.3 is 5.97 Å². The summed E-state index contributed by atoms with van der Waals surface area (Å²) in [7, 11) is -4.10. The van der Waals surface area contributed by atoms with Crippen LogP contribution in [0.15, 0.2) is 0 Å². The van der Waals surface area contributed by atoms with Gasteiger partial charge < -0.3 is 4.74 Å². The zero-order chi connectivity index (χ0) is 15.5. The van der Waals surface area contributed by atoms with Gasteiger partial charge in [0.25, 0.3) is 10.1 Å².